The lowest BCUT2D eigenvalue weighted by Crippen LogP contribution is -2.51. The maximum Gasteiger partial charge on any atom is 0.322 e. The molecule has 25 heavy (non-hydrogen) atoms. The summed E-state index contributed by atoms with van der Waals surface area (Å²) in [4.78, 5) is 17.1. The van der Waals surface area contributed by atoms with Crippen LogP contribution in [0.15, 0.2) is 24.3 Å². The van der Waals surface area contributed by atoms with Crippen LogP contribution in [0.1, 0.15) is 26.7 Å². The van der Waals surface area contributed by atoms with Crippen LogP contribution in [-0.2, 0) is 4.74 Å². The molecule has 2 fully saturated rings. The van der Waals surface area contributed by atoms with Gasteiger partial charge in [0, 0.05) is 37.9 Å². The summed E-state index contributed by atoms with van der Waals surface area (Å²) in [6, 6.07) is 7.71. The summed E-state index contributed by atoms with van der Waals surface area (Å²) in [7, 11) is 1.63. The van der Waals surface area contributed by atoms with Crippen LogP contribution in [0.4, 0.5) is 10.5 Å². The Balaban J connectivity index is 1.57. The third-order valence-electron chi connectivity index (χ3n) is 4.94. The largest absolute Gasteiger partial charge is 0.497 e. The van der Waals surface area contributed by atoms with Gasteiger partial charge in [0.25, 0.3) is 0 Å². The van der Waals surface area contributed by atoms with Crippen LogP contribution in [-0.4, -0.2) is 67.4 Å². The van der Waals surface area contributed by atoms with Crippen LogP contribution in [0.3, 0.4) is 0 Å². The van der Waals surface area contributed by atoms with Gasteiger partial charge < -0.3 is 19.7 Å². The Morgan fingerprint density at radius 3 is 2.56 bits per heavy atom. The highest BCUT2D eigenvalue weighted by atomic mass is 16.5. The molecule has 0 aliphatic carbocycles. The maximum absolute atomic E-state index is 12.7. The molecule has 0 aromatic heterocycles. The molecule has 3 atom stereocenters. The number of anilines is 1. The predicted octanol–water partition coefficient (Wildman–Crippen LogP) is 2.80. The van der Waals surface area contributed by atoms with Crippen molar-refractivity contribution >= 4 is 11.7 Å². The molecule has 0 saturated carbocycles. The fraction of sp³-hybridized carbons (Fsp3) is 0.632. The van der Waals surface area contributed by atoms with Crippen LogP contribution >= 0.6 is 0 Å². The van der Waals surface area contributed by atoms with Crippen LogP contribution in [0.5, 0.6) is 5.75 Å². The fourth-order valence-electron chi connectivity index (χ4n) is 3.89. The van der Waals surface area contributed by atoms with Crippen molar-refractivity contribution in [3.05, 3.63) is 24.3 Å². The molecule has 0 radical (unpaired) electrons. The van der Waals surface area contributed by atoms with Gasteiger partial charge in [0.15, 0.2) is 0 Å². The van der Waals surface area contributed by atoms with E-state index in [1.165, 1.54) is 0 Å². The van der Waals surface area contributed by atoms with E-state index in [1.807, 2.05) is 29.2 Å². The number of rotatable bonds is 4. The van der Waals surface area contributed by atoms with E-state index in [0.717, 1.165) is 50.5 Å². The number of nitrogens with one attached hydrogen (secondary N) is 1. The van der Waals surface area contributed by atoms with Crippen molar-refractivity contribution in [1.82, 2.24) is 9.80 Å². The minimum atomic E-state index is -0.0120. The minimum absolute atomic E-state index is 0.0120. The summed E-state index contributed by atoms with van der Waals surface area (Å²) >= 11 is 0. The van der Waals surface area contributed by atoms with Crippen molar-refractivity contribution in [3.8, 4) is 5.75 Å². The van der Waals surface area contributed by atoms with E-state index in [-0.39, 0.29) is 24.3 Å². The Morgan fingerprint density at radius 2 is 1.92 bits per heavy atom. The number of nitrogens with zero attached hydrogens (tertiary/aromatic N) is 2. The second kappa shape index (κ2) is 8.06. The first-order chi connectivity index (χ1) is 12.0. The minimum Gasteiger partial charge on any atom is -0.497 e. The third kappa shape index (κ3) is 4.64. The number of carbonyl (C=O) groups excluding carboxylic acids is 1. The first-order valence-electron chi connectivity index (χ1n) is 9.14. The average Bonchev–Trinajstić information content (AvgIpc) is 3.03. The Labute approximate surface area is 150 Å². The quantitative estimate of drug-likeness (QED) is 0.910. The van der Waals surface area contributed by atoms with Crippen molar-refractivity contribution in [3.63, 3.8) is 0 Å². The highest BCUT2D eigenvalue weighted by Gasteiger charge is 2.32. The van der Waals surface area contributed by atoms with Gasteiger partial charge in [-0.2, -0.15) is 0 Å². The molecule has 0 spiro atoms. The monoisotopic (exact) mass is 347 g/mol. The first kappa shape index (κ1) is 18.0. The summed E-state index contributed by atoms with van der Waals surface area (Å²) in [6.07, 6.45) is 2.64. The van der Waals surface area contributed by atoms with Gasteiger partial charge in [-0.1, -0.05) is 0 Å². The summed E-state index contributed by atoms with van der Waals surface area (Å²) in [6.45, 7) is 7.86. The van der Waals surface area contributed by atoms with Gasteiger partial charge in [-0.15, -0.1) is 0 Å². The average molecular weight is 347 g/mol. The lowest BCUT2D eigenvalue weighted by atomic mass is 10.1. The number of ether oxygens (including phenoxy) is 2. The Hall–Kier alpha value is -1.79. The number of morpholine rings is 1. The number of hydrogen-bond donors (Lipinski definition) is 1. The smallest absolute Gasteiger partial charge is 0.322 e. The number of urea groups is 1. The SMILES string of the molecule is COc1ccc(NC(=O)N2CCC[C@@H]2CN2C[C@H](C)O[C@@H](C)C2)cc1. The molecule has 0 bridgehead atoms. The van der Waals surface area contributed by atoms with Crippen LogP contribution < -0.4 is 10.1 Å². The highest BCUT2D eigenvalue weighted by Crippen LogP contribution is 2.22. The molecule has 2 aliphatic heterocycles. The van der Waals surface area contributed by atoms with Crippen molar-refractivity contribution in [2.45, 2.75) is 44.9 Å². The number of likely N-dealkylation sites (tertiary alicyclic amines) is 1. The Morgan fingerprint density at radius 1 is 1.24 bits per heavy atom. The van der Waals surface area contributed by atoms with Crippen LogP contribution in [0.25, 0.3) is 0 Å². The third-order valence-corrected chi connectivity index (χ3v) is 4.94. The molecule has 138 valence electrons. The lowest BCUT2D eigenvalue weighted by Gasteiger charge is -2.38. The predicted molar refractivity (Wildman–Crippen MR) is 98.2 cm³/mol. The standard InChI is InChI=1S/C19H29N3O3/c1-14-11-21(12-15(2)25-14)13-17-5-4-10-22(17)19(23)20-16-6-8-18(24-3)9-7-16/h6-9,14-15,17H,4-5,10-13H2,1-3H3,(H,20,23)/t14-,15-,17+/m0/s1. The molecule has 2 amide bonds. The molecule has 6 heteroatoms. The normalized spacial score (nSPS) is 27.3. The molecule has 0 unspecified atom stereocenters. The van der Waals surface area contributed by atoms with E-state index in [0.29, 0.717) is 0 Å². The molecular weight excluding hydrogens is 318 g/mol. The van der Waals surface area contributed by atoms with Gasteiger partial charge in [-0.3, -0.25) is 4.90 Å². The van der Waals surface area contributed by atoms with Crippen molar-refractivity contribution in [1.29, 1.82) is 0 Å². The van der Waals surface area contributed by atoms with E-state index in [4.69, 9.17) is 9.47 Å². The van der Waals surface area contributed by atoms with Crippen molar-refractivity contribution < 1.29 is 14.3 Å². The van der Waals surface area contributed by atoms with E-state index in [2.05, 4.69) is 24.1 Å². The van der Waals surface area contributed by atoms with Gasteiger partial charge in [-0.25, -0.2) is 4.79 Å². The van der Waals surface area contributed by atoms with Gasteiger partial charge in [-0.05, 0) is 51.0 Å². The summed E-state index contributed by atoms with van der Waals surface area (Å²) in [5.41, 5.74) is 0.796. The molecular formula is C19H29N3O3. The summed E-state index contributed by atoms with van der Waals surface area (Å²) in [5, 5.41) is 3.01. The molecule has 6 nitrogen and oxygen atoms in total. The molecule has 1 N–H and O–H groups in total. The molecule has 2 heterocycles. The lowest BCUT2D eigenvalue weighted by molar-refractivity contribution is -0.0712. The highest BCUT2D eigenvalue weighted by molar-refractivity contribution is 5.89. The van der Waals surface area contributed by atoms with Crippen molar-refractivity contribution in [2.75, 3.05) is 38.6 Å². The zero-order valence-electron chi connectivity index (χ0n) is 15.4. The second-order valence-corrected chi connectivity index (χ2v) is 7.12. The van der Waals surface area contributed by atoms with E-state index < -0.39 is 0 Å². The molecule has 1 aromatic carbocycles. The first-order valence-corrected chi connectivity index (χ1v) is 9.14. The number of amides is 2. The number of hydrogen-bond acceptors (Lipinski definition) is 4. The van der Waals surface area contributed by atoms with Gasteiger partial charge in [0.2, 0.25) is 0 Å². The zero-order valence-corrected chi connectivity index (χ0v) is 15.4. The van der Waals surface area contributed by atoms with E-state index >= 15 is 0 Å². The van der Waals surface area contributed by atoms with Gasteiger partial charge >= 0.3 is 6.03 Å². The fourth-order valence-corrected chi connectivity index (χ4v) is 3.89. The second-order valence-electron chi connectivity index (χ2n) is 7.12. The molecule has 1 aromatic rings. The van der Waals surface area contributed by atoms with Gasteiger partial charge in [0.1, 0.15) is 5.75 Å². The van der Waals surface area contributed by atoms with Crippen LogP contribution in [0.2, 0.25) is 0 Å². The van der Waals surface area contributed by atoms with Crippen molar-refractivity contribution in [2.24, 2.45) is 0 Å². The molecule has 2 aliphatic rings. The molecule has 2 saturated heterocycles. The van der Waals surface area contributed by atoms with Gasteiger partial charge in [0.05, 0.1) is 19.3 Å². The summed E-state index contributed by atoms with van der Waals surface area (Å²) in [5.74, 6) is 0.785. The number of benzene rings is 1. The van der Waals surface area contributed by atoms with E-state index in [9.17, 15) is 4.79 Å². The zero-order chi connectivity index (χ0) is 17.8. The summed E-state index contributed by atoms with van der Waals surface area (Å²) < 4.78 is 11.0. The number of carbonyl (C=O) groups is 1. The number of methoxy groups -OCH3 is 1. The topological polar surface area (TPSA) is 54.0 Å². The molecule has 3 rings (SSSR count). The van der Waals surface area contributed by atoms with Crippen LogP contribution in [0, 0.1) is 0 Å². The van der Waals surface area contributed by atoms with E-state index in [1.54, 1.807) is 7.11 Å². The Kier molecular flexibility index (Phi) is 5.81. The maximum atomic E-state index is 12.7. The Bertz CT molecular complexity index is 568.